The summed E-state index contributed by atoms with van der Waals surface area (Å²) in [7, 11) is 0. The van der Waals surface area contributed by atoms with Crippen LogP contribution in [0.1, 0.15) is 83.1 Å². The van der Waals surface area contributed by atoms with Gasteiger partial charge in [-0.15, -0.1) is 0 Å². The van der Waals surface area contributed by atoms with Crippen LogP contribution in [0, 0.1) is 0 Å². The van der Waals surface area contributed by atoms with E-state index in [9.17, 15) is 0 Å². The predicted octanol–water partition coefficient (Wildman–Crippen LogP) is 6.41. The van der Waals surface area contributed by atoms with Crippen LogP contribution in [-0.2, 0) is 0 Å². The first-order valence-electron chi connectivity index (χ1n) is 11.1. The summed E-state index contributed by atoms with van der Waals surface area (Å²) in [6.45, 7) is 23.5. The highest BCUT2D eigenvalue weighted by Crippen LogP contribution is 2.59. The van der Waals surface area contributed by atoms with Gasteiger partial charge in [0.1, 0.15) is 0 Å². The molecule has 0 saturated heterocycles. The number of hydrogen-bond donors (Lipinski definition) is 0. The van der Waals surface area contributed by atoms with E-state index in [4.69, 9.17) is 28.4 Å². The van der Waals surface area contributed by atoms with Crippen molar-refractivity contribution in [2.75, 3.05) is 0 Å². The molecular formula is C24H42O6. The topological polar surface area (TPSA) is 55.4 Å². The van der Waals surface area contributed by atoms with E-state index in [0.717, 1.165) is 0 Å². The highest BCUT2D eigenvalue weighted by Gasteiger charge is 2.34. The Bertz CT molecular complexity index is 495. The normalized spacial score (nSPS) is 11.8. The van der Waals surface area contributed by atoms with Crippen molar-refractivity contribution < 1.29 is 28.4 Å². The van der Waals surface area contributed by atoms with Gasteiger partial charge in [-0.25, -0.2) is 0 Å². The highest BCUT2D eigenvalue weighted by molar-refractivity contribution is 5.74. The molecule has 0 amide bonds. The van der Waals surface area contributed by atoms with Crippen molar-refractivity contribution in [1.29, 1.82) is 0 Å². The van der Waals surface area contributed by atoms with E-state index in [1.165, 1.54) is 0 Å². The van der Waals surface area contributed by atoms with E-state index in [0.29, 0.717) is 34.5 Å². The van der Waals surface area contributed by atoms with Crippen molar-refractivity contribution in [3.8, 4) is 34.5 Å². The fourth-order valence-corrected chi connectivity index (χ4v) is 2.68. The maximum atomic E-state index is 6.22. The first kappa shape index (κ1) is 26.1. The van der Waals surface area contributed by atoms with Gasteiger partial charge in [0.05, 0.1) is 36.6 Å². The van der Waals surface area contributed by atoms with Crippen LogP contribution in [-0.4, -0.2) is 36.6 Å². The molecule has 6 nitrogen and oxygen atoms in total. The third-order valence-electron chi connectivity index (χ3n) is 3.36. The van der Waals surface area contributed by atoms with E-state index in [-0.39, 0.29) is 36.6 Å². The fraction of sp³-hybridized carbons (Fsp3) is 0.750. The van der Waals surface area contributed by atoms with Crippen LogP contribution >= 0.6 is 0 Å². The van der Waals surface area contributed by atoms with Gasteiger partial charge < -0.3 is 28.4 Å². The zero-order chi connectivity index (χ0) is 23.2. The summed E-state index contributed by atoms with van der Waals surface area (Å²) in [4.78, 5) is 0. The maximum Gasteiger partial charge on any atom is 0.212 e. The number of benzene rings is 1. The summed E-state index contributed by atoms with van der Waals surface area (Å²) in [5.41, 5.74) is 0. The molecule has 1 rings (SSSR count). The monoisotopic (exact) mass is 426 g/mol. The fourth-order valence-electron chi connectivity index (χ4n) is 2.68. The van der Waals surface area contributed by atoms with Gasteiger partial charge in [-0.3, -0.25) is 0 Å². The Balaban J connectivity index is 4.05. The summed E-state index contributed by atoms with van der Waals surface area (Å²) in [6, 6.07) is 0. The molecule has 174 valence electrons. The third-order valence-corrected chi connectivity index (χ3v) is 3.36. The molecule has 0 aromatic heterocycles. The minimum atomic E-state index is -0.107. The van der Waals surface area contributed by atoms with Crippen molar-refractivity contribution in [3.63, 3.8) is 0 Å². The van der Waals surface area contributed by atoms with E-state index < -0.39 is 0 Å². The zero-order valence-electron chi connectivity index (χ0n) is 20.9. The molecule has 1 aromatic carbocycles. The molecule has 0 N–H and O–H groups in total. The second kappa shape index (κ2) is 11.4. The van der Waals surface area contributed by atoms with Crippen LogP contribution in [0.4, 0.5) is 0 Å². The molecule has 0 bridgehead atoms. The van der Waals surface area contributed by atoms with Crippen LogP contribution in [0.2, 0.25) is 0 Å². The Morgan fingerprint density at radius 3 is 0.433 bits per heavy atom. The van der Waals surface area contributed by atoms with Crippen molar-refractivity contribution >= 4 is 0 Å². The Morgan fingerprint density at radius 1 is 0.267 bits per heavy atom. The summed E-state index contributed by atoms with van der Waals surface area (Å²) >= 11 is 0. The number of ether oxygens (including phenoxy) is 6. The Morgan fingerprint density at radius 2 is 0.367 bits per heavy atom. The van der Waals surface area contributed by atoms with Gasteiger partial charge in [0.15, 0.2) is 0 Å². The van der Waals surface area contributed by atoms with Gasteiger partial charge in [0, 0.05) is 0 Å². The molecule has 0 fully saturated rings. The molecule has 0 saturated carbocycles. The van der Waals surface area contributed by atoms with Crippen LogP contribution in [0.5, 0.6) is 34.5 Å². The van der Waals surface area contributed by atoms with E-state index in [2.05, 4.69) is 0 Å². The average molecular weight is 427 g/mol. The van der Waals surface area contributed by atoms with E-state index in [1.54, 1.807) is 0 Å². The molecular weight excluding hydrogens is 384 g/mol. The van der Waals surface area contributed by atoms with Gasteiger partial charge >= 0.3 is 0 Å². The molecule has 0 heterocycles. The summed E-state index contributed by atoms with van der Waals surface area (Å²) in [5.74, 6) is 2.80. The van der Waals surface area contributed by atoms with Crippen LogP contribution in [0.15, 0.2) is 0 Å². The van der Waals surface area contributed by atoms with Crippen molar-refractivity contribution in [2.45, 2.75) is 120 Å². The van der Waals surface area contributed by atoms with Crippen LogP contribution in [0.3, 0.4) is 0 Å². The first-order chi connectivity index (χ1) is 13.8. The van der Waals surface area contributed by atoms with Gasteiger partial charge in [-0.1, -0.05) is 0 Å². The molecule has 6 heteroatoms. The number of hydrogen-bond acceptors (Lipinski definition) is 6. The van der Waals surface area contributed by atoms with Gasteiger partial charge in [-0.05, 0) is 83.1 Å². The molecule has 0 atom stereocenters. The molecule has 0 aliphatic rings. The standard InChI is InChI=1S/C24H42O6/c1-13(2)25-19-20(26-14(3)4)22(28-16(7)8)24(30-18(11)12)23(29-17(9)10)21(19)27-15(5)6/h13-18H,1-12H3. The van der Waals surface area contributed by atoms with Gasteiger partial charge in [0.25, 0.3) is 0 Å². The first-order valence-corrected chi connectivity index (χ1v) is 11.1. The lowest BCUT2D eigenvalue weighted by Gasteiger charge is -2.29. The SMILES string of the molecule is CC(C)Oc1c(OC(C)C)c(OC(C)C)c(OC(C)C)c(OC(C)C)c1OC(C)C. The smallest absolute Gasteiger partial charge is 0.212 e. The quantitative estimate of drug-likeness (QED) is 0.385. The average Bonchev–Trinajstić information content (AvgIpc) is 2.55. The lowest BCUT2D eigenvalue weighted by molar-refractivity contribution is 0.134. The minimum absolute atomic E-state index is 0.107. The zero-order valence-corrected chi connectivity index (χ0v) is 20.9. The largest absolute Gasteiger partial charge is 0.483 e. The van der Waals surface area contributed by atoms with Crippen molar-refractivity contribution in [3.05, 3.63) is 0 Å². The van der Waals surface area contributed by atoms with Crippen LogP contribution < -0.4 is 28.4 Å². The molecule has 30 heavy (non-hydrogen) atoms. The molecule has 1 aromatic rings. The van der Waals surface area contributed by atoms with Gasteiger partial charge in [-0.2, -0.15) is 0 Å². The molecule has 0 radical (unpaired) electrons. The lowest BCUT2D eigenvalue weighted by Crippen LogP contribution is -2.20. The maximum absolute atomic E-state index is 6.22. The number of rotatable bonds is 12. The summed E-state index contributed by atoms with van der Waals surface area (Å²) < 4.78 is 37.3. The summed E-state index contributed by atoms with van der Waals surface area (Å²) in [5, 5.41) is 0. The van der Waals surface area contributed by atoms with Crippen LogP contribution in [0.25, 0.3) is 0 Å². The molecule has 0 unspecified atom stereocenters. The van der Waals surface area contributed by atoms with Crippen molar-refractivity contribution in [1.82, 2.24) is 0 Å². The van der Waals surface area contributed by atoms with Gasteiger partial charge in [0.2, 0.25) is 34.5 Å². The Hall–Kier alpha value is -1.98. The molecule has 0 aliphatic carbocycles. The second-order valence-electron chi connectivity index (χ2n) is 8.97. The molecule has 0 aliphatic heterocycles. The Labute approximate surface area is 183 Å². The lowest BCUT2D eigenvalue weighted by atomic mass is 10.2. The van der Waals surface area contributed by atoms with E-state index in [1.807, 2.05) is 83.1 Å². The third kappa shape index (κ3) is 7.69. The minimum Gasteiger partial charge on any atom is -0.483 e. The Kier molecular flexibility index (Phi) is 9.92. The second-order valence-corrected chi connectivity index (χ2v) is 8.97. The predicted molar refractivity (Wildman–Crippen MR) is 121 cm³/mol. The highest BCUT2D eigenvalue weighted by atomic mass is 16.6. The summed E-state index contributed by atoms with van der Waals surface area (Å²) in [6.07, 6.45) is -0.641. The van der Waals surface area contributed by atoms with E-state index >= 15 is 0 Å². The van der Waals surface area contributed by atoms with Crippen molar-refractivity contribution in [2.24, 2.45) is 0 Å². The molecule has 0 spiro atoms.